The van der Waals surface area contributed by atoms with Gasteiger partial charge in [0, 0.05) is 12.3 Å². The number of aliphatic hydroxyl groups is 1. The Labute approximate surface area is 68.6 Å². The quantitative estimate of drug-likeness (QED) is 0.580. The van der Waals surface area contributed by atoms with E-state index in [1.165, 1.54) is 0 Å². The fourth-order valence-electron chi connectivity index (χ4n) is 0.838. The maximum atomic E-state index is 9.17. The molecule has 0 heterocycles. The number of likely N-dealkylation sites (N-methyl/N-ethyl adjacent to an activating group) is 1. The molecule has 0 aliphatic rings. The topological polar surface area (TPSA) is 23.5 Å². The molecule has 2 nitrogen and oxygen atoms in total. The molecule has 0 spiro atoms. The lowest BCUT2D eigenvalue weighted by atomic mass is 10.3. The molecule has 0 amide bonds. The van der Waals surface area contributed by atoms with Crippen LogP contribution in [0.1, 0.15) is 13.8 Å². The molecule has 0 radical (unpaired) electrons. The minimum Gasteiger partial charge on any atom is -0.391 e. The summed E-state index contributed by atoms with van der Waals surface area (Å²) in [6.07, 6.45) is -0.275. The predicted octanol–water partition coefficient (Wildman–Crippen LogP) is 0.619. The largest absolute Gasteiger partial charge is 0.391 e. The van der Waals surface area contributed by atoms with Crippen molar-refractivity contribution in [2.45, 2.75) is 20.0 Å². The van der Waals surface area contributed by atoms with Crippen LogP contribution in [0.25, 0.3) is 0 Å². The minimum absolute atomic E-state index is 0.275. The van der Waals surface area contributed by atoms with Crippen molar-refractivity contribution in [3.8, 4) is 0 Å². The third kappa shape index (κ3) is 4.14. The van der Waals surface area contributed by atoms with Crippen molar-refractivity contribution in [2.75, 3.05) is 25.4 Å². The summed E-state index contributed by atoms with van der Waals surface area (Å²) in [7, 11) is 0. The highest BCUT2D eigenvalue weighted by atomic mass is 32.1. The Balaban J connectivity index is 3.41. The highest BCUT2D eigenvalue weighted by Crippen LogP contribution is 1.93. The Kier molecular flexibility index (Phi) is 6.17. The number of aliphatic hydroxyl groups excluding tert-OH is 1. The van der Waals surface area contributed by atoms with Gasteiger partial charge >= 0.3 is 0 Å². The van der Waals surface area contributed by atoms with E-state index in [9.17, 15) is 5.11 Å². The Bertz CT molecular complexity index is 76.0. The summed E-state index contributed by atoms with van der Waals surface area (Å²) in [5.74, 6) is 0.552. The highest BCUT2D eigenvalue weighted by molar-refractivity contribution is 7.80. The van der Waals surface area contributed by atoms with Crippen molar-refractivity contribution in [3.05, 3.63) is 0 Å². The zero-order valence-electron chi connectivity index (χ0n) is 6.75. The van der Waals surface area contributed by atoms with Crippen molar-refractivity contribution >= 4 is 12.6 Å². The van der Waals surface area contributed by atoms with Crippen LogP contribution in [-0.4, -0.2) is 41.5 Å². The molecule has 0 fully saturated rings. The van der Waals surface area contributed by atoms with Gasteiger partial charge in [0.05, 0.1) is 6.10 Å². The van der Waals surface area contributed by atoms with Gasteiger partial charge in [-0.1, -0.05) is 13.8 Å². The summed E-state index contributed by atoms with van der Waals surface area (Å²) >= 11 is 3.99. The van der Waals surface area contributed by atoms with Crippen LogP contribution in [0.15, 0.2) is 0 Å². The number of hydrogen-bond acceptors (Lipinski definition) is 3. The summed E-state index contributed by atoms with van der Waals surface area (Å²) < 4.78 is 0. The molecule has 62 valence electrons. The first-order chi connectivity index (χ1) is 4.74. The maximum absolute atomic E-state index is 9.17. The van der Waals surface area contributed by atoms with Crippen LogP contribution in [0.2, 0.25) is 0 Å². The average molecular weight is 163 g/mol. The van der Waals surface area contributed by atoms with Crippen LogP contribution in [0, 0.1) is 0 Å². The molecule has 0 saturated carbocycles. The molecule has 0 aromatic heterocycles. The first-order valence-corrected chi connectivity index (χ1v) is 4.39. The normalized spacial score (nSPS) is 14.1. The minimum atomic E-state index is -0.275. The second-order valence-corrected chi connectivity index (χ2v) is 2.69. The SMILES string of the molecule is CCN(CC)CC(O)CS. The van der Waals surface area contributed by atoms with E-state index in [4.69, 9.17) is 0 Å². The Morgan fingerprint density at radius 2 is 1.90 bits per heavy atom. The molecule has 1 N–H and O–H groups in total. The third-order valence-electron chi connectivity index (χ3n) is 1.57. The van der Waals surface area contributed by atoms with Crippen LogP contribution in [0.5, 0.6) is 0 Å². The van der Waals surface area contributed by atoms with E-state index < -0.39 is 0 Å². The molecule has 0 rings (SSSR count). The summed E-state index contributed by atoms with van der Waals surface area (Å²) in [5.41, 5.74) is 0. The van der Waals surface area contributed by atoms with E-state index in [0.717, 1.165) is 19.6 Å². The van der Waals surface area contributed by atoms with Crippen molar-refractivity contribution in [1.82, 2.24) is 4.90 Å². The van der Waals surface area contributed by atoms with E-state index in [1.807, 2.05) is 0 Å². The molecule has 0 saturated heterocycles. The van der Waals surface area contributed by atoms with Gasteiger partial charge in [-0.2, -0.15) is 12.6 Å². The van der Waals surface area contributed by atoms with Gasteiger partial charge in [0.1, 0.15) is 0 Å². The molecule has 0 aromatic rings. The molecule has 3 heteroatoms. The third-order valence-corrected chi connectivity index (χ3v) is 2.00. The summed E-state index contributed by atoms with van der Waals surface area (Å²) in [6.45, 7) is 6.93. The van der Waals surface area contributed by atoms with Crippen LogP contribution >= 0.6 is 12.6 Å². The van der Waals surface area contributed by atoms with Crippen LogP contribution in [0.4, 0.5) is 0 Å². The zero-order chi connectivity index (χ0) is 7.98. The molecule has 1 atom stereocenters. The first-order valence-electron chi connectivity index (χ1n) is 3.75. The monoisotopic (exact) mass is 163 g/mol. The lowest BCUT2D eigenvalue weighted by Crippen LogP contribution is -2.32. The van der Waals surface area contributed by atoms with Gasteiger partial charge < -0.3 is 10.0 Å². The van der Waals surface area contributed by atoms with Gasteiger partial charge in [-0.3, -0.25) is 0 Å². The van der Waals surface area contributed by atoms with Gasteiger partial charge in [0.15, 0.2) is 0 Å². The molecule has 10 heavy (non-hydrogen) atoms. The fourth-order valence-corrected chi connectivity index (χ4v) is 0.953. The summed E-state index contributed by atoms with van der Waals surface area (Å²) in [5, 5.41) is 9.17. The number of thiol groups is 1. The Morgan fingerprint density at radius 3 is 2.20 bits per heavy atom. The summed E-state index contributed by atoms with van der Waals surface area (Å²) in [4.78, 5) is 2.18. The summed E-state index contributed by atoms with van der Waals surface area (Å²) in [6, 6.07) is 0. The van der Waals surface area contributed by atoms with E-state index in [-0.39, 0.29) is 6.10 Å². The van der Waals surface area contributed by atoms with Crippen molar-refractivity contribution in [1.29, 1.82) is 0 Å². The molecule has 0 aliphatic carbocycles. The van der Waals surface area contributed by atoms with Gasteiger partial charge in [0.25, 0.3) is 0 Å². The standard InChI is InChI=1S/C7H17NOS/c1-3-8(4-2)5-7(9)6-10/h7,9-10H,3-6H2,1-2H3. The van der Waals surface area contributed by atoms with Crippen molar-refractivity contribution in [3.63, 3.8) is 0 Å². The van der Waals surface area contributed by atoms with E-state index in [0.29, 0.717) is 5.75 Å². The van der Waals surface area contributed by atoms with Crippen LogP contribution < -0.4 is 0 Å². The smallest absolute Gasteiger partial charge is 0.0754 e. The first kappa shape index (κ1) is 10.3. The molecular formula is C7H17NOS. The highest BCUT2D eigenvalue weighted by Gasteiger charge is 2.05. The lowest BCUT2D eigenvalue weighted by molar-refractivity contribution is 0.137. The van der Waals surface area contributed by atoms with Gasteiger partial charge in [-0.15, -0.1) is 0 Å². The van der Waals surface area contributed by atoms with Gasteiger partial charge in [-0.05, 0) is 13.1 Å². The fraction of sp³-hybridized carbons (Fsp3) is 1.00. The average Bonchev–Trinajstić information content (AvgIpc) is 1.99. The van der Waals surface area contributed by atoms with Crippen molar-refractivity contribution in [2.24, 2.45) is 0 Å². The predicted molar refractivity (Wildman–Crippen MR) is 47.6 cm³/mol. The number of nitrogens with zero attached hydrogens (tertiary/aromatic N) is 1. The molecule has 0 aromatic carbocycles. The second kappa shape index (κ2) is 6.01. The Morgan fingerprint density at radius 1 is 1.40 bits per heavy atom. The van der Waals surface area contributed by atoms with Gasteiger partial charge in [-0.25, -0.2) is 0 Å². The molecule has 0 bridgehead atoms. The second-order valence-electron chi connectivity index (χ2n) is 2.32. The van der Waals surface area contributed by atoms with E-state index >= 15 is 0 Å². The lowest BCUT2D eigenvalue weighted by Gasteiger charge is -2.20. The molecule has 0 aliphatic heterocycles. The van der Waals surface area contributed by atoms with Gasteiger partial charge in [0.2, 0.25) is 0 Å². The van der Waals surface area contributed by atoms with E-state index in [2.05, 4.69) is 31.4 Å². The number of rotatable bonds is 5. The van der Waals surface area contributed by atoms with E-state index in [1.54, 1.807) is 0 Å². The van der Waals surface area contributed by atoms with Crippen LogP contribution in [-0.2, 0) is 0 Å². The number of hydrogen-bond donors (Lipinski definition) is 2. The van der Waals surface area contributed by atoms with Crippen molar-refractivity contribution < 1.29 is 5.11 Å². The molecular weight excluding hydrogens is 146 g/mol. The maximum Gasteiger partial charge on any atom is 0.0754 e. The Hall–Kier alpha value is 0.270. The van der Waals surface area contributed by atoms with Crippen LogP contribution in [0.3, 0.4) is 0 Å². The molecule has 1 unspecified atom stereocenters. The zero-order valence-corrected chi connectivity index (χ0v) is 7.64.